The lowest BCUT2D eigenvalue weighted by molar-refractivity contribution is -0.120. The normalized spacial score (nSPS) is 13.5. The van der Waals surface area contributed by atoms with Gasteiger partial charge in [-0.15, -0.1) is 23.1 Å². The number of nitriles is 1. The molecule has 1 aromatic heterocycles. The molecule has 4 nitrogen and oxygen atoms in total. The molecule has 136 valence electrons. The number of Topliss-reactive ketones (excluding diaryl/α,β-unsaturated/α-hetero) is 1. The lowest BCUT2D eigenvalue weighted by Gasteiger charge is -2.15. The third-order valence-electron chi connectivity index (χ3n) is 3.87. The van der Waals surface area contributed by atoms with E-state index in [1.54, 1.807) is 32.5 Å². The molecule has 0 aliphatic rings. The van der Waals surface area contributed by atoms with E-state index in [-0.39, 0.29) is 16.9 Å². The van der Waals surface area contributed by atoms with Crippen LogP contribution in [0.2, 0.25) is 0 Å². The molecule has 1 aromatic carbocycles. The van der Waals surface area contributed by atoms with E-state index in [9.17, 15) is 14.9 Å². The van der Waals surface area contributed by atoms with E-state index in [1.165, 1.54) is 15.9 Å². The molecule has 0 unspecified atom stereocenters. The number of nitrogens with zero attached hydrogens (tertiary/aromatic N) is 2. The molecule has 0 fully saturated rings. The molecule has 0 spiro atoms. The van der Waals surface area contributed by atoms with Gasteiger partial charge in [-0.1, -0.05) is 32.9 Å². The number of thioether (sulfide) groups is 1. The Morgan fingerprint density at radius 1 is 1.31 bits per heavy atom. The van der Waals surface area contributed by atoms with Crippen molar-refractivity contribution in [2.24, 2.45) is 5.41 Å². The zero-order valence-corrected chi connectivity index (χ0v) is 17.3. The maximum Gasteiger partial charge on any atom is 0.269 e. The smallest absolute Gasteiger partial charge is 0.269 e. The second-order valence-corrected chi connectivity index (χ2v) is 8.71. The fourth-order valence-corrected chi connectivity index (χ4v) is 3.99. The van der Waals surface area contributed by atoms with E-state index in [0.717, 1.165) is 10.5 Å². The third kappa shape index (κ3) is 4.17. The summed E-state index contributed by atoms with van der Waals surface area (Å²) in [6.45, 7) is 7.57. The number of thiazole rings is 1. The molecule has 1 heterocycles. The number of aromatic nitrogens is 1. The number of hydrogen-bond acceptors (Lipinski definition) is 5. The minimum Gasteiger partial charge on any atom is -0.298 e. The second kappa shape index (κ2) is 8.07. The van der Waals surface area contributed by atoms with Crippen molar-refractivity contribution >= 4 is 40.5 Å². The summed E-state index contributed by atoms with van der Waals surface area (Å²) >= 11 is 2.86. The van der Waals surface area contributed by atoms with Crippen molar-refractivity contribution in [1.82, 2.24) is 4.57 Å². The molecule has 0 aliphatic heterocycles. The Labute approximate surface area is 161 Å². The summed E-state index contributed by atoms with van der Waals surface area (Å²) in [5.41, 5.74) is 0.118. The predicted octanol–water partition coefficient (Wildman–Crippen LogP) is 2.77. The third-order valence-corrected chi connectivity index (χ3v) is 5.75. The Kier molecular flexibility index (Phi) is 6.27. The topological polar surface area (TPSA) is 62.9 Å². The van der Waals surface area contributed by atoms with Gasteiger partial charge in [0.05, 0.1) is 4.53 Å². The summed E-state index contributed by atoms with van der Waals surface area (Å²) in [6.07, 6.45) is 3.82. The number of carbonyl (C=O) groups excluding carboxylic acids is 1. The summed E-state index contributed by atoms with van der Waals surface area (Å²) in [6, 6.07) is 9.93. The standard InChI is InChI=1S/C20H22N2O2S2/c1-6-22-18(24)16(11-13-7-9-14(25-5)10-8-13)26-19(22)15(12-21)17(23)20(2,3)4/h7-11H,6H2,1-5H3/b16-11+,19-15-. The molecule has 6 heteroatoms. The predicted molar refractivity (Wildman–Crippen MR) is 109 cm³/mol. The Bertz CT molecular complexity index is 1030. The van der Waals surface area contributed by atoms with Crippen LogP contribution in [0.4, 0.5) is 0 Å². The van der Waals surface area contributed by atoms with Gasteiger partial charge in [-0.3, -0.25) is 14.2 Å². The van der Waals surface area contributed by atoms with Crippen LogP contribution in [0.3, 0.4) is 0 Å². The number of ketones is 1. The highest BCUT2D eigenvalue weighted by Gasteiger charge is 2.27. The van der Waals surface area contributed by atoms with Gasteiger partial charge in [-0.2, -0.15) is 5.26 Å². The van der Waals surface area contributed by atoms with Crippen LogP contribution in [-0.2, 0) is 11.3 Å². The van der Waals surface area contributed by atoms with Crippen LogP contribution < -0.4 is 14.8 Å². The van der Waals surface area contributed by atoms with Gasteiger partial charge in [0.2, 0.25) is 0 Å². The maximum absolute atomic E-state index is 12.7. The highest BCUT2D eigenvalue weighted by atomic mass is 32.2. The molecule has 0 amide bonds. The number of carbonyl (C=O) groups is 1. The molecule has 0 radical (unpaired) electrons. The van der Waals surface area contributed by atoms with Gasteiger partial charge in [0, 0.05) is 16.9 Å². The van der Waals surface area contributed by atoms with Crippen LogP contribution in [0.15, 0.2) is 34.0 Å². The highest BCUT2D eigenvalue weighted by molar-refractivity contribution is 7.98. The van der Waals surface area contributed by atoms with Crippen LogP contribution >= 0.6 is 23.1 Å². The molecule has 0 saturated heterocycles. The van der Waals surface area contributed by atoms with Crippen molar-refractivity contribution in [2.75, 3.05) is 6.26 Å². The van der Waals surface area contributed by atoms with Crippen LogP contribution in [0.1, 0.15) is 33.3 Å². The molecule has 0 atom stereocenters. The van der Waals surface area contributed by atoms with Crippen LogP contribution in [0.25, 0.3) is 11.6 Å². The minimum atomic E-state index is -0.679. The van der Waals surface area contributed by atoms with Crippen LogP contribution in [0, 0.1) is 16.7 Å². The molecular formula is C20H22N2O2S2. The Morgan fingerprint density at radius 2 is 1.92 bits per heavy atom. The van der Waals surface area contributed by atoms with Crippen molar-refractivity contribution in [1.29, 1.82) is 5.26 Å². The molecule has 26 heavy (non-hydrogen) atoms. The van der Waals surface area contributed by atoms with Gasteiger partial charge in [0.15, 0.2) is 5.78 Å². The largest absolute Gasteiger partial charge is 0.298 e. The van der Waals surface area contributed by atoms with Gasteiger partial charge in [0.1, 0.15) is 16.3 Å². The Balaban J connectivity index is 2.75. The van der Waals surface area contributed by atoms with E-state index >= 15 is 0 Å². The maximum atomic E-state index is 12.7. The van der Waals surface area contributed by atoms with Crippen molar-refractivity contribution in [3.63, 3.8) is 0 Å². The first kappa shape index (κ1) is 20.2. The van der Waals surface area contributed by atoms with Gasteiger partial charge in [-0.25, -0.2) is 0 Å². The Morgan fingerprint density at radius 3 is 2.38 bits per heavy atom. The van der Waals surface area contributed by atoms with Gasteiger partial charge in [0.25, 0.3) is 5.56 Å². The zero-order valence-electron chi connectivity index (χ0n) is 15.6. The average molecular weight is 387 g/mol. The number of rotatable bonds is 4. The fourth-order valence-electron chi connectivity index (χ4n) is 2.41. The fraction of sp³-hybridized carbons (Fsp3) is 0.350. The molecule has 0 N–H and O–H groups in total. The SMILES string of the molecule is CCn1c(=O)/c(=C\c2ccc(SC)cc2)s/c1=C(/C#N)C(=O)C(C)(C)C. The van der Waals surface area contributed by atoms with Gasteiger partial charge in [-0.05, 0) is 37.0 Å². The lowest BCUT2D eigenvalue weighted by atomic mass is 9.87. The zero-order chi connectivity index (χ0) is 19.5. The minimum absolute atomic E-state index is 0.0545. The summed E-state index contributed by atoms with van der Waals surface area (Å²) in [5.74, 6) is -0.251. The van der Waals surface area contributed by atoms with Crippen LogP contribution in [0.5, 0.6) is 0 Å². The summed E-state index contributed by atoms with van der Waals surface area (Å²) in [4.78, 5) is 26.5. The average Bonchev–Trinajstić information content (AvgIpc) is 2.91. The molecule has 0 bridgehead atoms. The van der Waals surface area contributed by atoms with Gasteiger partial charge < -0.3 is 0 Å². The lowest BCUT2D eigenvalue weighted by Crippen LogP contribution is -2.33. The first-order chi connectivity index (χ1) is 12.2. The first-order valence-electron chi connectivity index (χ1n) is 8.27. The van der Waals surface area contributed by atoms with Crippen LogP contribution in [-0.4, -0.2) is 16.6 Å². The molecule has 2 aromatic rings. The number of benzene rings is 1. The van der Waals surface area contributed by atoms with Crippen molar-refractivity contribution in [2.45, 2.75) is 39.1 Å². The van der Waals surface area contributed by atoms with Gasteiger partial charge >= 0.3 is 0 Å². The molecular weight excluding hydrogens is 364 g/mol. The van der Waals surface area contributed by atoms with Crippen molar-refractivity contribution < 1.29 is 4.79 Å². The molecule has 0 aliphatic carbocycles. The first-order valence-corrected chi connectivity index (χ1v) is 10.3. The second-order valence-electron chi connectivity index (χ2n) is 6.80. The highest BCUT2D eigenvalue weighted by Crippen LogP contribution is 2.19. The number of hydrogen-bond donors (Lipinski definition) is 0. The summed E-state index contributed by atoms with van der Waals surface area (Å²) in [5, 5.41) is 9.55. The van der Waals surface area contributed by atoms with E-state index in [1.807, 2.05) is 49.6 Å². The monoisotopic (exact) mass is 386 g/mol. The van der Waals surface area contributed by atoms with E-state index in [2.05, 4.69) is 0 Å². The van der Waals surface area contributed by atoms with Crippen molar-refractivity contribution in [3.8, 4) is 6.07 Å². The molecule has 0 saturated carbocycles. The molecule has 2 rings (SSSR count). The van der Waals surface area contributed by atoms with E-state index in [4.69, 9.17) is 0 Å². The summed E-state index contributed by atoms with van der Waals surface area (Å²) < 4.78 is 2.47. The van der Waals surface area contributed by atoms with Crippen molar-refractivity contribution in [3.05, 3.63) is 49.4 Å². The van der Waals surface area contributed by atoms with E-state index < -0.39 is 5.41 Å². The quantitative estimate of drug-likeness (QED) is 0.758. The summed E-state index contributed by atoms with van der Waals surface area (Å²) in [7, 11) is 0. The Hall–Kier alpha value is -2.10. The van der Waals surface area contributed by atoms with E-state index in [0.29, 0.717) is 15.7 Å².